The Balaban J connectivity index is 2.06. The standard InChI is InChI=1S/C10H16N2O2/c11-6-1-4-10(13)12-7-5-9-3-2-8-14-9/h2-3,8H,1,4-7,11H2,(H,12,13). The van der Waals surface area contributed by atoms with Gasteiger partial charge >= 0.3 is 0 Å². The molecule has 4 nitrogen and oxygen atoms in total. The average molecular weight is 196 g/mol. The Labute approximate surface area is 83.5 Å². The number of hydrogen-bond donors (Lipinski definition) is 2. The van der Waals surface area contributed by atoms with Gasteiger partial charge in [-0.25, -0.2) is 0 Å². The van der Waals surface area contributed by atoms with Crippen LogP contribution in [0.25, 0.3) is 0 Å². The minimum Gasteiger partial charge on any atom is -0.469 e. The lowest BCUT2D eigenvalue weighted by atomic mass is 10.3. The molecule has 0 saturated heterocycles. The summed E-state index contributed by atoms with van der Waals surface area (Å²) >= 11 is 0. The van der Waals surface area contributed by atoms with Crippen molar-refractivity contribution in [2.75, 3.05) is 13.1 Å². The zero-order valence-electron chi connectivity index (χ0n) is 8.16. The van der Waals surface area contributed by atoms with Crippen LogP contribution in [-0.4, -0.2) is 19.0 Å². The van der Waals surface area contributed by atoms with Crippen molar-refractivity contribution in [2.45, 2.75) is 19.3 Å². The van der Waals surface area contributed by atoms with Gasteiger partial charge in [0.15, 0.2) is 0 Å². The molecule has 3 N–H and O–H groups in total. The van der Waals surface area contributed by atoms with Gasteiger partial charge < -0.3 is 15.5 Å². The third-order valence-electron chi connectivity index (χ3n) is 1.88. The summed E-state index contributed by atoms with van der Waals surface area (Å²) < 4.78 is 5.13. The van der Waals surface area contributed by atoms with Crippen LogP contribution in [0.2, 0.25) is 0 Å². The second kappa shape index (κ2) is 6.21. The summed E-state index contributed by atoms with van der Waals surface area (Å²) in [5.74, 6) is 0.950. The van der Waals surface area contributed by atoms with E-state index in [9.17, 15) is 4.79 Å². The number of rotatable bonds is 6. The van der Waals surface area contributed by atoms with Gasteiger partial charge in [0.1, 0.15) is 5.76 Å². The van der Waals surface area contributed by atoms with E-state index in [4.69, 9.17) is 10.2 Å². The van der Waals surface area contributed by atoms with E-state index in [0.717, 1.165) is 18.6 Å². The molecule has 0 radical (unpaired) electrons. The minimum atomic E-state index is 0.0574. The number of hydrogen-bond acceptors (Lipinski definition) is 3. The molecule has 78 valence electrons. The molecule has 1 heterocycles. The van der Waals surface area contributed by atoms with E-state index in [1.54, 1.807) is 6.26 Å². The molecule has 0 atom stereocenters. The third kappa shape index (κ3) is 4.09. The highest BCUT2D eigenvalue weighted by Crippen LogP contribution is 1.99. The fraction of sp³-hybridized carbons (Fsp3) is 0.500. The van der Waals surface area contributed by atoms with Crippen LogP contribution in [0.3, 0.4) is 0 Å². The molecule has 4 heteroatoms. The smallest absolute Gasteiger partial charge is 0.220 e. The number of amides is 1. The third-order valence-corrected chi connectivity index (χ3v) is 1.88. The molecule has 0 aliphatic rings. The van der Waals surface area contributed by atoms with Crippen LogP contribution in [0.1, 0.15) is 18.6 Å². The fourth-order valence-corrected chi connectivity index (χ4v) is 1.13. The van der Waals surface area contributed by atoms with Gasteiger partial charge in [-0.15, -0.1) is 0 Å². The zero-order chi connectivity index (χ0) is 10.2. The molecule has 1 aromatic rings. The molecule has 0 aliphatic carbocycles. The molecular weight excluding hydrogens is 180 g/mol. The second-order valence-electron chi connectivity index (χ2n) is 3.07. The number of nitrogens with one attached hydrogen (secondary N) is 1. The van der Waals surface area contributed by atoms with Gasteiger partial charge in [0.05, 0.1) is 6.26 Å². The van der Waals surface area contributed by atoms with Crippen molar-refractivity contribution < 1.29 is 9.21 Å². The van der Waals surface area contributed by atoms with Crippen molar-refractivity contribution in [2.24, 2.45) is 5.73 Å². The molecule has 14 heavy (non-hydrogen) atoms. The highest BCUT2D eigenvalue weighted by molar-refractivity contribution is 5.75. The summed E-state index contributed by atoms with van der Waals surface area (Å²) in [4.78, 5) is 11.1. The van der Waals surface area contributed by atoms with Crippen molar-refractivity contribution in [1.29, 1.82) is 0 Å². The first-order valence-corrected chi connectivity index (χ1v) is 4.82. The van der Waals surface area contributed by atoms with Gasteiger partial charge in [0, 0.05) is 19.4 Å². The van der Waals surface area contributed by atoms with E-state index >= 15 is 0 Å². The molecule has 1 amide bonds. The van der Waals surface area contributed by atoms with Gasteiger partial charge in [0.25, 0.3) is 0 Å². The molecule has 1 rings (SSSR count). The number of nitrogens with two attached hydrogens (primary N) is 1. The first-order valence-electron chi connectivity index (χ1n) is 4.82. The quantitative estimate of drug-likeness (QED) is 0.703. The molecule has 0 aliphatic heterocycles. The highest BCUT2D eigenvalue weighted by atomic mass is 16.3. The minimum absolute atomic E-state index is 0.0574. The van der Waals surface area contributed by atoms with Gasteiger partial charge in [-0.2, -0.15) is 0 Å². The molecule has 0 bridgehead atoms. The Morgan fingerprint density at radius 2 is 2.43 bits per heavy atom. The van der Waals surface area contributed by atoms with E-state index in [1.807, 2.05) is 12.1 Å². The molecule has 0 fully saturated rings. The van der Waals surface area contributed by atoms with Crippen LogP contribution in [0.4, 0.5) is 0 Å². The second-order valence-corrected chi connectivity index (χ2v) is 3.07. The Kier molecular flexibility index (Phi) is 4.78. The predicted molar refractivity (Wildman–Crippen MR) is 53.7 cm³/mol. The summed E-state index contributed by atoms with van der Waals surface area (Å²) in [6, 6.07) is 3.73. The van der Waals surface area contributed by atoms with Gasteiger partial charge in [-0.1, -0.05) is 0 Å². The van der Waals surface area contributed by atoms with Crippen LogP contribution in [-0.2, 0) is 11.2 Å². The lowest BCUT2D eigenvalue weighted by Crippen LogP contribution is -2.25. The van der Waals surface area contributed by atoms with Crippen molar-refractivity contribution >= 4 is 5.91 Å². The zero-order valence-corrected chi connectivity index (χ0v) is 8.16. The topological polar surface area (TPSA) is 68.3 Å². The van der Waals surface area contributed by atoms with Gasteiger partial charge in [-0.3, -0.25) is 4.79 Å². The normalized spacial score (nSPS) is 10.1. The maximum atomic E-state index is 11.1. The molecular formula is C10H16N2O2. The molecule has 1 aromatic heterocycles. The number of carbonyl (C=O) groups excluding carboxylic acids is 1. The Morgan fingerprint density at radius 3 is 3.07 bits per heavy atom. The van der Waals surface area contributed by atoms with Crippen LogP contribution >= 0.6 is 0 Å². The molecule has 0 spiro atoms. The summed E-state index contributed by atoms with van der Waals surface area (Å²) in [7, 11) is 0. The van der Waals surface area contributed by atoms with Gasteiger partial charge in [-0.05, 0) is 25.1 Å². The molecule has 0 aromatic carbocycles. The first kappa shape index (κ1) is 10.8. The first-order chi connectivity index (χ1) is 6.83. The van der Waals surface area contributed by atoms with Crippen LogP contribution in [0, 0.1) is 0 Å². The van der Waals surface area contributed by atoms with Crippen molar-refractivity contribution in [3.05, 3.63) is 24.2 Å². The monoisotopic (exact) mass is 196 g/mol. The Hall–Kier alpha value is -1.29. The maximum absolute atomic E-state index is 11.1. The summed E-state index contributed by atoms with van der Waals surface area (Å²) in [6.45, 7) is 1.18. The Bertz CT molecular complexity index is 257. The fourth-order valence-electron chi connectivity index (χ4n) is 1.13. The van der Waals surface area contributed by atoms with Crippen molar-refractivity contribution in [1.82, 2.24) is 5.32 Å². The highest BCUT2D eigenvalue weighted by Gasteiger charge is 2.00. The van der Waals surface area contributed by atoms with Gasteiger partial charge in [0.2, 0.25) is 5.91 Å². The van der Waals surface area contributed by atoms with E-state index in [0.29, 0.717) is 19.5 Å². The van der Waals surface area contributed by atoms with Crippen LogP contribution in [0.5, 0.6) is 0 Å². The molecule has 0 unspecified atom stereocenters. The summed E-state index contributed by atoms with van der Waals surface area (Å²) in [5.41, 5.74) is 5.29. The largest absolute Gasteiger partial charge is 0.469 e. The van der Waals surface area contributed by atoms with E-state index in [2.05, 4.69) is 5.32 Å². The van der Waals surface area contributed by atoms with E-state index < -0.39 is 0 Å². The van der Waals surface area contributed by atoms with E-state index in [1.165, 1.54) is 0 Å². The van der Waals surface area contributed by atoms with Crippen molar-refractivity contribution in [3.8, 4) is 0 Å². The van der Waals surface area contributed by atoms with Crippen LogP contribution in [0.15, 0.2) is 22.8 Å². The van der Waals surface area contributed by atoms with Crippen molar-refractivity contribution in [3.63, 3.8) is 0 Å². The Morgan fingerprint density at radius 1 is 1.57 bits per heavy atom. The molecule has 0 saturated carbocycles. The SMILES string of the molecule is NCCCC(=O)NCCc1ccco1. The van der Waals surface area contributed by atoms with Crippen LogP contribution < -0.4 is 11.1 Å². The lowest BCUT2D eigenvalue weighted by Gasteiger charge is -2.02. The summed E-state index contributed by atoms with van der Waals surface area (Å²) in [5, 5.41) is 2.80. The number of carbonyl (C=O) groups is 1. The predicted octanol–water partition coefficient (Wildman–Crippen LogP) is 0.677. The average Bonchev–Trinajstić information content (AvgIpc) is 2.67. The summed E-state index contributed by atoms with van der Waals surface area (Å²) in [6.07, 6.45) is 3.62. The maximum Gasteiger partial charge on any atom is 0.220 e. The van der Waals surface area contributed by atoms with E-state index in [-0.39, 0.29) is 5.91 Å². The lowest BCUT2D eigenvalue weighted by molar-refractivity contribution is -0.121. The number of furan rings is 1.